The molecular formula is C12H15F3N2O. The molecule has 0 saturated carbocycles. The Morgan fingerprint density at radius 3 is 2.89 bits per heavy atom. The molecule has 1 aliphatic heterocycles. The van der Waals surface area contributed by atoms with Crippen molar-refractivity contribution < 1.29 is 18.3 Å². The molecule has 0 spiro atoms. The summed E-state index contributed by atoms with van der Waals surface area (Å²) in [5, 5.41) is 9.20. The van der Waals surface area contributed by atoms with Crippen LogP contribution in [0.3, 0.4) is 0 Å². The second kappa shape index (κ2) is 5.14. The molecule has 0 aromatic carbocycles. The molecule has 2 heterocycles. The first kappa shape index (κ1) is 13.1. The topological polar surface area (TPSA) is 36.4 Å². The van der Waals surface area contributed by atoms with E-state index in [1.165, 1.54) is 12.4 Å². The van der Waals surface area contributed by atoms with E-state index in [1.54, 1.807) is 11.0 Å². The van der Waals surface area contributed by atoms with Gasteiger partial charge in [0.1, 0.15) is 0 Å². The van der Waals surface area contributed by atoms with Gasteiger partial charge in [0, 0.05) is 24.8 Å². The normalized spacial score (nSPS) is 21.1. The van der Waals surface area contributed by atoms with Crippen molar-refractivity contribution in [3.8, 4) is 0 Å². The molecule has 2 rings (SSSR count). The smallest absolute Gasteiger partial charge is 0.392 e. The van der Waals surface area contributed by atoms with Gasteiger partial charge < -0.3 is 10.0 Å². The minimum atomic E-state index is -4.15. The van der Waals surface area contributed by atoms with Gasteiger partial charge >= 0.3 is 6.18 Å². The molecule has 0 bridgehead atoms. The molecule has 1 saturated heterocycles. The summed E-state index contributed by atoms with van der Waals surface area (Å²) < 4.78 is 38.2. The molecule has 1 aromatic heterocycles. The molecule has 1 N–H and O–H groups in total. The van der Waals surface area contributed by atoms with Gasteiger partial charge in [-0.05, 0) is 18.9 Å². The number of halogens is 3. The standard InChI is InChI=1S/C12H15F3N2O/c13-12(14,15)10-2-1-5-17(7-10)11-6-16-4-3-9(11)8-18/h3-4,6,10,18H,1-2,5,7-8H2. The molecule has 0 aliphatic carbocycles. The first-order valence-corrected chi connectivity index (χ1v) is 5.88. The molecule has 6 heteroatoms. The first-order chi connectivity index (χ1) is 8.52. The first-order valence-electron chi connectivity index (χ1n) is 5.88. The van der Waals surface area contributed by atoms with E-state index in [2.05, 4.69) is 4.98 Å². The van der Waals surface area contributed by atoms with Gasteiger partial charge in [-0.15, -0.1) is 0 Å². The Labute approximate surface area is 103 Å². The highest BCUT2D eigenvalue weighted by Gasteiger charge is 2.42. The number of rotatable bonds is 2. The van der Waals surface area contributed by atoms with E-state index >= 15 is 0 Å². The Hall–Kier alpha value is -1.30. The summed E-state index contributed by atoms with van der Waals surface area (Å²) in [6.07, 6.45) is -0.427. The number of pyridine rings is 1. The van der Waals surface area contributed by atoms with Gasteiger partial charge in [-0.25, -0.2) is 0 Å². The summed E-state index contributed by atoms with van der Waals surface area (Å²) in [6, 6.07) is 1.63. The van der Waals surface area contributed by atoms with Crippen LogP contribution in [0, 0.1) is 5.92 Å². The molecule has 0 radical (unpaired) electrons. The van der Waals surface area contributed by atoms with E-state index in [4.69, 9.17) is 0 Å². The number of alkyl halides is 3. The molecule has 100 valence electrons. The van der Waals surface area contributed by atoms with Crippen LogP contribution in [-0.4, -0.2) is 29.4 Å². The van der Waals surface area contributed by atoms with Crippen LogP contribution in [0.5, 0.6) is 0 Å². The molecule has 18 heavy (non-hydrogen) atoms. The van der Waals surface area contributed by atoms with Gasteiger partial charge in [0.05, 0.1) is 24.4 Å². The molecule has 1 aromatic rings. The second-order valence-corrected chi connectivity index (χ2v) is 4.49. The fourth-order valence-electron chi connectivity index (χ4n) is 2.30. The highest BCUT2D eigenvalue weighted by molar-refractivity contribution is 5.51. The number of anilines is 1. The van der Waals surface area contributed by atoms with E-state index in [-0.39, 0.29) is 19.6 Å². The summed E-state index contributed by atoms with van der Waals surface area (Å²) in [5.74, 6) is -1.29. The van der Waals surface area contributed by atoms with E-state index in [1.807, 2.05) is 0 Å². The van der Waals surface area contributed by atoms with Gasteiger partial charge in [-0.3, -0.25) is 4.98 Å². The fourth-order valence-corrected chi connectivity index (χ4v) is 2.30. The third-order valence-corrected chi connectivity index (χ3v) is 3.28. The van der Waals surface area contributed by atoms with Crippen LogP contribution in [-0.2, 0) is 6.61 Å². The quantitative estimate of drug-likeness (QED) is 0.886. The lowest BCUT2D eigenvalue weighted by atomic mass is 9.96. The number of piperidine rings is 1. The number of aliphatic hydroxyl groups is 1. The van der Waals surface area contributed by atoms with Crippen LogP contribution in [0.2, 0.25) is 0 Å². The number of nitrogens with zero attached hydrogens (tertiary/aromatic N) is 2. The monoisotopic (exact) mass is 260 g/mol. The predicted octanol–water partition coefficient (Wildman–Crippen LogP) is 2.35. The lowest BCUT2D eigenvalue weighted by Crippen LogP contribution is -2.42. The minimum absolute atomic E-state index is 0.0534. The van der Waals surface area contributed by atoms with Crippen LogP contribution in [0.1, 0.15) is 18.4 Å². The largest absolute Gasteiger partial charge is 0.393 e. The maximum Gasteiger partial charge on any atom is 0.393 e. The van der Waals surface area contributed by atoms with Crippen LogP contribution >= 0.6 is 0 Å². The molecule has 1 aliphatic rings. The molecule has 1 atom stereocenters. The lowest BCUT2D eigenvalue weighted by Gasteiger charge is -2.35. The minimum Gasteiger partial charge on any atom is -0.392 e. The van der Waals surface area contributed by atoms with E-state index < -0.39 is 12.1 Å². The molecule has 1 fully saturated rings. The van der Waals surface area contributed by atoms with E-state index in [0.29, 0.717) is 24.2 Å². The number of aliphatic hydroxyl groups excluding tert-OH is 1. The number of hydrogen-bond donors (Lipinski definition) is 1. The molecule has 0 amide bonds. The predicted molar refractivity (Wildman–Crippen MR) is 61.2 cm³/mol. The maximum atomic E-state index is 12.7. The summed E-state index contributed by atoms with van der Waals surface area (Å²) in [4.78, 5) is 5.59. The van der Waals surface area contributed by atoms with Crippen molar-refractivity contribution in [2.45, 2.75) is 25.6 Å². The highest BCUT2D eigenvalue weighted by Crippen LogP contribution is 2.35. The number of hydrogen-bond acceptors (Lipinski definition) is 3. The Balaban J connectivity index is 2.18. The summed E-state index contributed by atoms with van der Waals surface area (Å²) in [5.41, 5.74) is 1.22. The Morgan fingerprint density at radius 1 is 1.44 bits per heavy atom. The summed E-state index contributed by atoms with van der Waals surface area (Å²) in [7, 11) is 0. The Bertz CT molecular complexity index is 409. The van der Waals surface area contributed by atoms with Gasteiger partial charge in [0.15, 0.2) is 0 Å². The van der Waals surface area contributed by atoms with Gasteiger partial charge in [-0.2, -0.15) is 13.2 Å². The van der Waals surface area contributed by atoms with E-state index in [0.717, 1.165) is 0 Å². The third-order valence-electron chi connectivity index (χ3n) is 3.28. The van der Waals surface area contributed by atoms with Crippen LogP contribution in [0.25, 0.3) is 0 Å². The lowest BCUT2D eigenvalue weighted by molar-refractivity contribution is -0.176. The SMILES string of the molecule is OCc1ccncc1N1CCCC(C(F)(F)F)C1. The van der Waals surface area contributed by atoms with Crippen molar-refractivity contribution in [3.63, 3.8) is 0 Å². The average Bonchev–Trinajstić information content (AvgIpc) is 2.38. The number of aromatic nitrogens is 1. The van der Waals surface area contributed by atoms with Crippen molar-refractivity contribution in [1.29, 1.82) is 0 Å². The molecular weight excluding hydrogens is 245 g/mol. The zero-order chi connectivity index (χ0) is 13.2. The maximum absolute atomic E-state index is 12.7. The molecule has 3 nitrogen and oxygen atoms in total. The zero-order valence-corrected chi connectivity index (χ0v) is 9.82. The Morgan fingerprint density at radius 2 is 2.22 bits per heavy atom. The van der Waals surface area contributed by atoms with Crippen molar-refractivity contribution >= 4 is 5.69 Å². The van der Waals surface area contributed by atoms with E-state index in [9.17, 15) is 18.3 Å². The fraction of sp³-hybridized carbons (Fsp3) is 0.583. The van der Waals surface area contributed by atoms with Crippen molar-refractivity contribution in [2.24, 2.45) is 5.92 Å². The summed E-state index contributed by atoms with van der Waals surface area (Å²) >= 11 is 0. The molecule has 1 unspecified atom stereocenters. The van der Waals surface area contributed by atoms with Crippen LogP contribution in [0.15, 0.2) is 18.5 Å². The van der Waals surface area contributed by atoms with Gasteiger partial charge in [0.2, 0.25) is 0 Å². The van der Waals surface area contributed by atoms with Gasteiger partial charge in [0.25, 0.3) is 0 Å². The zero-order valence-electron chi connectivity index (χ0n) is 9.82. The van der Waals surface area contributed by atoms with Gasteiger partial charge in [-0.1, -0.05) is 0 Å². The van der Waals surface area contributed by atoms with Crippen LogP contribution < -0.4 is 4.90 Å². The van der Waals surface area contributed by atoms with Crippen molar-refractivity contribution in [1.82, 2.24) is 4.98 Å². The highest BCUT2D eigenvalue weighted by atomic mass is 19.4. The van der Waals surface area contributed by atoms with Crippen LogP contribution in [0.4, 0.5) is 18.9 Å². The summed E-state index contributed by atoms with van der Waals surface area (Å²) in [6.45, 7) is 0.332. The van der Waals surface area contributed by atoms with Crippen molar-refractivity contribution in [2.75, 3.05) is 18.0 Å². The second-order valence-electron chi connectivity index (χ2n) is 4.49. The third kappa shape index (κ3) is 2.75. The average molecular weight is 260 g/mol. The Kier molecular flexibility index (Phi) is 3.75. The van der Waals surface area contributed by atoms with Crippen molar-refractivity contribution in [3.05, 3.63) is 24.0 Å².